The number of aliphatic hydroxyl groups excluding tert-OH is 1. The average molecular weight is 192 g/mol. The van der Waals surface area contributed by atoms with Crippen LogP contribution in [0.4, 0.5) is 0 Å². The molecule has 3 heteroatoms. The van der Waals surface area contributed by atoms with E-state index in [9.17, 15) is 10.2 Å². The Morgan fingerprint density at radius 1 is 1.50 bits per heavy atom. The predicted molar refractivity (Wildman–Crippen MR) is 52.3 cm³/mol. The minimum absolute atomic E-state index is 0.133. The van der Waals surface area contributed by atoms with Crippen LogP contribution in [0, 0.1) is 0 Å². The highest BCUT2D eigenvalue weighted by Gasteiger charge is 2.33. The molecule has 74 valence electrons. The fourth-order valence-corrected chi connectivity index (χ4v) is 1.61. The zero-order chi connectivity index (χ0) is 10.3. The monoisotopic (exact) mass is 192 g/mol. The molecule has 14 heavy (non-hydrogen) atoms. The maximum absolute atomic E-state index is 9.84. The SMILES string of the molecule is C=C(C)C1Oc2ccc(O)cc2C1O. The van der Waals surface area contributed by atoms with Crippen LogP contribution in [0.1, 0.15) is 18.6 Å². The lowest BCUT2D eigenvalue weighted by Crippen LogP contribution is -2.18. The first-order valence-corrected chi connectivity index (χ1v) is 4.42. The number of hydrogen-bond acceptors (Lipinski definition) is 3. The van der Waals surface area contributed by atoms with Crippen molar-refractivity contribution in [3.8, 4) is 11.5 Å². The number of hydrogen-bond donors (Lipinski definition) is 2. The summed E-state index contributed by atoms with van der Waals surface area (Å²) in [5, 5.41) is 19.1. The van der Waals surface area contributed by atoms with Crippen molar-refractivity contribution >= 4 is 0 Å². The van der Waals surface area contributed by atoms with Gasteiger partial charge in [0.15, 0.2) is 0 Å². The molecule has 0 spiro atoms. The maximum atomic E-state index is 9.84. The summed E-state index contributed by atoms with van der Waals surface area (Å²) in [5.41, 5.74) is 1.39. The van der Waals surface area contributed by atoms with Gasteiger partial charge < -0.3 is 14.9 Å². The van der Waals surface area contributed by atoms with Crippen molar-refractivity contribution in [1.82, 2.24) is 0 Å². The Labute approximate surface area is 82.3 Å². The average Bonchev–Trinajstić information content (AvgIpc) is 2.44. The molecule has 1 aromatic rings. The fraction of sp³-hybridized carbons (Fsp3) is 0.273. The summed E-state index contributed by atoms with van der Waals surface area (Å²) in [7, 11) is 0. The van der Waals surface area contributed by atoms with E-state index in [-0.39, 0.29) is 5.75 Å². The predicted octanol–water partition coefficient (Wildman–Crippen LogP) is 1.76. The second-order valence-corrected chi connectivity index (χ2v) is 3.55. The van der Waals surface area contributed by atoms with Gasteiger partial charge in [-0.3, -0.25) is 0 Å². The molecule has 0 amide bonds. The zero-order valence-electron chi connectivity index (χ0n) is 7.90. The van der Waals surface area contributed by atoms with Gasteiger partial charge in [0.05, 0.1) is 0 Å². The van der Waals surface area contributed by atoms with Gasteiger partial charge in [0, 0.05) is 5.56 Å². The Kier molecular flexibility index (Phi) is 1.97. The van der Waals surface area contributed by atoms with Gasteiger partial charge >= 0.3 is 0 Å². The zero-order valence-corrected chi connectivity index (χ0v) is 7.90. The van der Waals surface area contributed by atoms with Crippen molar-refractivity contribution in [3.63, 3.8) is 0 Å². The van der Waals surface area contributed by atoms with E-state index in [1.54, 1.807) is 13.0 Å². The van der Waals surface area contributed by atoms with E-state index in [2.05, 4.69) is 6.58 Å². The molecule has 1 aliphatic rings. The summed E-state index contributed by atoms with van der Waals surface area (Å²) in [6.45, 7) is 5.55. The Morgan fingerprint density at radius 2 is 2.21 bits per heavy atom. The molecule has 1 heterocycles. The summed E-state index contributed by atoms with van der Waals surface area (Å²) in [6.07, 6.45) is -1.12. The van der Waals surface area contributed by atoms with Crippen molar-refractivity contribution in [2.45, 2.75) is 19.1 Å². The minimum Gasteiger partial charge on any atom is -0.508 e. The number of rotatable bonds is 1. The molecular formula is C11H12O3. The molecule has 0 fully saturated rings. The molecule has 1 aliphatic heterocycles. The number of fused-ring (bicyclic) bond motifs is 1. The summed E-state index contributed by atoms with van der Waals surface area (Å²) < 4.78 is 5.47. The first-order chi connectivity index (χ1) is 6.59. The summed E-state index contributed by atoms with van der Waals surface area (Å²) >= 11 is 0. The lowest BCUT2D eigenvalue weighted by atomic mass is 10.0. The third-order valence-electron chi connectivity index (χ3n) is 2.34. The van der Waals surface area contributed by atoms with Crippen LogP contribution in [-0.4, -0.2) is 16.3 Å². The van der Waals surface area contributed by atoms with Crippen LogP contribution in [-0.2, 0) is 0 Å². The maximum Gasteiger partial charge on any atom is 0.149 e. The van der Waals surface area contributed by atoms with Gasteiger partial charge in [-0.1, -0.05) is 6.58 Å². The number of phenols is 1. The molecule has 0 saturated carbocycles. The van der Waals surface area contributed by atoms with Gasteiger partial charge in [0.2, 0.25) is 0 Å². The highest BCUT2D eigenvalue weighted by molar-refractivity contribution is 5.45. The van der Waals surface area contributed by atoms with Gasteiger partial charge in [0.25, 0.3) is 0 Å². The van der Waals surface area contributed by atoms with Crippen LogP contribution in [0.15, 0.2) is 30.4 Å². The highest BCUT2D eigenvalue weighted by Crippen LogP contribution is 2.40. The molecule has 0 bridgehead atoms. The van der Waals surface area contributed by atoms with Crippen LogP contribution >= 0.6 is 0 Å². The summed E-state index contributed by atoms with van der Waals surface area (Å²) in [4.78, 5) is 0. The van der Waals surface area contributed by atoms with E-state index in [0.717, 1.165) is 5.57 Å². The second-order valence-electron chi connectivity index (χ2n) is 3.55. The van der Waals surface area contributed by atoms with Crippen molar-refractivity contribution in [3.05, 3.63) is 35.9 Å². The van der Waals surface area contributed by atoms with Gasteiger partial charge in [-0.15, -0.1) is 0 Å². The molecule has 2 N–H and O–H groups in total. The van der Waals surface area contributed by atoms with Crippen LogP contribution < -0.4 is 4.74 Å². The van der Waals surface area contributed by atoms with E-state index in [4.69, 9.17) is 4.74 Å². The number of aliphatic hydroxyl groups is 1. The smallest absolute Gasteiger partial charge is 0.149 e. The molecule has 0 aliphatic carbocycles. The van der Waals surface area contributed by atoms with E-state index < -0.39 is 12.2 Å². The molecule has 2 atom stereocenters. The Balaban J connectivity index is 2.41. The van der Waals surface area contributed by atoms with Gasteiger partial charge in [0.1, 0.15) is 23.7 Å². The lowest BCUT2D eigenvalue weighted by molar-refractivity contribution is 0.0900. The van der Waals surface area contributed by atoms with Crippen LogP contribution in [0.5, 0.6) is 11.5 Å². The Morgan fingerprint density at radius 3 is 2.86 bits per heavy atom. The molecular weight excluding hydrogens is 180 g/mol. The van der Waals surface area contributed by atoms with Gasteiger partial charge in [-0.2, -0.15) is 0 Å². The summed E-state index contributed by atoms with van der Waals surface area (Å²) in [6, 6.07) is 4.70. The van der Waals surface area contributed by atoms with Gasteiger partial charge in [-0.05, 0) is 30.7 Å². The van der Waals surface area contributed by atoms with E-state index in [1.165, 1.54) is 12.1 Å². The van der Waals surface area contributed by atoms with E-state index in [0.29, 0.717) is 11.3 Å². The molecule has 2 rings (SSSR count). The van der Waals surface area contributed by atoms with Crippen LogP contribution in [0.3, 0.4) is 0 Å². The Hall–Kier alpha value is -1.48. The highest BCUT2D eigenvalue weighted by atomic mass is 16.5. The number of phenolic OH excluding ortho intramolecular Hbond substituents is 1. The Bertz CT molecular complexity index is 384. The topological polar surface area (TPSA) is 49.7 Å². The molecule has 2 unspecified atom stereocenters. The van der Waals surface area contributed by atoms with E-state index >= 15 is 0 Å². The van der Waals surface area contributed by atoms with Gasteiger partial charge in [-0.25, -0.2) is 0 Å². The number of aromatic hydroxyl groups is 1. The first-order valence-electron chi connectivity index (χ1n) is 4.42. The minimum atomic E-state index is -0.727. The summed E-state index contributed by atoms with van der Waals surface area (Å²) in [5.74, 6) is 0.747. The molecule has 3 nitrogen and oxygen atoms in total. The van der Waals surface area contributed by atoms with Crippen molar-refractivity contribution in [2.75, 3.05) is 0 Å². The number of ether oxygens (including phenoxy) is 1. The van der Waals surface area contributed by atoms with Crippen molar-refractivity contribution in [1.29, 1.82) is 0 Å². The molecule has 0 radical (unpaired) electrons. The first kappa shape index (κ1) is 9.09. The third-order valence-corrected chi connectivity index (χ3v) is 2.34. The third kappa shape index (κ3) is 1.26. The quantitative estimate of drug-likeness (QED) is 0.666. The molecule has 1 aromatic carbocycles. The standard InChI is InChI=1S/C11H12O3/c1-6(2)11-10(13)8-5-7(12)3-4-9(8)14-11/h3-5,10-13H,1H2,2H3. The largest absolute Gasteiger partial charge is 0.508 e. The van der Waals surface area contributed by atoms with Crippen molar-refractivity contribution in [2.24, 2.45) is 0 Å². The second kappa shape index (κ2) is 3.03. The van der Waals surface area contributed by atoms with Crippen LogP contribution in [0.2, 0.25) is 0 Å². The molecule has 0 saturated heterocycles. The van der Waals surface area contributed by atoms with Crippen LogP contribution in [0.25, 0.3) is 0 Å². The normalized spacial score (nSPS) is 24.1. The lowest BCUT2D eigenvalue weighted by Gasteiger charge is -2.13. The number of benzene rings is 1. The van der Waals surface area contributed by atoms with Crippen molar-refractivity contribution < 1.29 is 14.9 Å². The fourth-order valence-electron chi connectivity index (χ4n) is 1.61. The molecule has 0 aromatic heterocycles. The van der Waals surface area contributed by atoms with E-state index in [1.807, 2.05) is 0 Å².